The average molecular weight is 320 g/mol. The Bertz CT molecular complexity index is 615. The molecular weight excluding hydrogens is 302 g/mol. The van der Waals surface area contributed by atoms with Crippen molar-refractivity contribution < 1.29 is 4.79 Å². The molecule has 0 fully saturated rings. The summed E-state index contributed by atoms with van der Waals surface area (Å²) < 4.78 is 0. The number of hydrogen-bond donors (Lipinski definition) is 1. The molecule has 2 nitrogen and oxygen atoms in total. The van der Waals surface area contributed by atoms with Crippen LogP contribution in [0, 0.1) is 6.92 Å². The molecule has 1 atom stereocenters. The van der Waals surface area contributed by atoms with Crippen LogP contribution in [0.2, 0.25) is 5.02 Å². The summed E-state index contributed by atoms with van der Waals surface area (Å²) in [7, 11) is 0. The summed E-state index contributed by atoms with van der Waals surface area (Å²) in [6.07, 6.45) is 0. The molecule has 0 aliphatic carbocycles. The molecule has 4 heteroatoms. The quantitative estimate of drug-likeness (QED) is 0.848. The molecule has 0 saturated heterocycles. The highest BCUT2D eigenvalue weighted by Crippen LogP contribution is 2.23. The van der Waals surface area contributed by atoms with Gasteiger partial charge >= 0.3 is 0 Å². The molecule has 0 aromatic heterocycles. The summed E-state index contributed by atoms with van der Waals surface area (Å²) in [6.45, 7) is 3.87. The van der Waals surface area contributed by atoms with Crippen LogP contribution >= 0.6 is 23.4 Å². The maximum Gasteiger partial charge on any atom is 0.237 e. The summed E-state index contributed by atoms with van der Waals surface area (Å²) in [5, 5.41) is 3.45. The lowest BCUT2D eigenvalue weighted by Crippen LogP contribution is -2.23. The Hall–Kier alpha value is -1.45. The van der Waals surface area contributed by atoms with Crippen molar-refractivity contribution in [1.82, 2.24) is 0 Å². The zero-order valence-corrected chi connectivity index (χ0v) is 13.7. The van der Waals surface area contributed by atoms with Crippen molar-refractivity contribution in [2.24, 2.45) is 0 Å². The van der Waals surface area contributed by atoms with Gasteiger partial charge in [-0.1, -0.05) is 48.0 Å². The predicted molar refractivity (Wildman–Crippen MR) is 92.0 cm³/mol. The van der Waals surface area contributed by atoms with E-state index in [1.807, 2.05) is 44.2 Å². The second-order valence-electron chi connectivity index (χ2n) is 4.89. The highest BCUT2D eigenvalue weighted by molar-refractivity contribution is 7.99. The standard InChI is InChI=1S/C17H18ClNOS/c1-12-8-9-15(18)10-16(12)19-17(20)13(2)21-11-14-6-4-3-5-7-14/h3-10,13H,11H2,1-2H3,(H,19,20). The molecule has 0 saturated carbocycles. The van der Waals surface area contributed by atoms with Crippen molar-refractivity contribution in [2.75, 3.05) is 5.32 Å². The minimum absolute atomic E-state index is 0.00120. The maximum absolute atomic E-state index is 12.2. The average Bonchev–Trinajstić information content (AvgIpc) is 2.49. The van der Waals surface area contributed by atoms with Gasteiger partial charge in [-0.3, -0.25) is 4.79 Å². The molecule has 21 heavy (non-hydrogen) atoms. The molecular formula is C17H18ClNOS. The molecule has 0 radical (unpaired) electrons. The first-order chi connectivity index (χ1) is 10.1. The molecule has 0 aliphatic rings. The van der Waals surface area contributed by atoms with E-state index >= 15 is 0 Å². The first-order valence-corrected chi connectivity index (χ1v) is 8.21. The van der Waals surface area contributed by atoms with Gasteiger partial charge in [-0.2, -0.15) is 0 Å². The van der Waals surface area contributed by atoms with E-state index in [0.717, 1.165) is 17.0 Å². The van der Waals surface area contributed by atoms with Crippen LogP contribution in [0.25, 0.3) is 0 Å². The Morgan fingerprint density at radius 2 is 1.95 bits per heavy atom. The van der Waals surface area contributed by atoms with Crippen molar-refractivity contribution in [1.29, 1.82) is 0 Å². The second-order valence-corrected chi connectivity index (χ2v) is 6.65. The Morgan fingerprint density at radius 1 is 1.24 bits per heavy atom. The smallest absolute Gasteiger partial charge is 0.237 e. The number of amides is 1. The lowest BCUT2D eigenvalue weighted by Gasteiger charge is -2.14. The van der Waals surface area contributed by atoms with Crippen LogP contribution < -0.4 is 5.32 Å². The number of hydrogen-bond acceptors (Lipinski definition) is 2. The molecule has 1 N–H and O–H groups in total. The van der Waals surface area contributed by atoms with Gasteiger partial charge in [0.05, 0.1) is 5.25 Å². The Morgan fingerprint density at radius 3 is 2.67 bits per heavy atom. The van der Waals surface area contributed by atoms with Crippen LogP contribution in [0.15, 0.2) is 48.5 Å². The van der Waals surface area contributed by atoms with Gasteiger partial charge in [0.25, 0.3) is 0 Å². The third-order valence-electron chi connectivity index (χ3n) is 3.17. The van der Waals surface area contributed by atoms with Crippen LogP contribution in [0.5, 0.6) is 0 Å². The summed E-state index contributed by atoms with van der Waals surface area (Å²) in [4.78, 5) is 12.2. The van der Waals surface area contributed by atoms with Gasteiger partial charge in [-0.15, -0.1) is 11.8 Å². The topological polar surface area (TPSA) is 29.1 Å². The van der Waals surface area contributed by atoms with Gasteiger partial charge in [0, 0.05) is 16.5 Å². The van der Waals surface area contributed by atoms with E-state index in [1.54, 1.807) is 17.8 Å². The van der Waals surface area contributed by atoms with Gasteiger partial charge in [0.2, 0.25) is 5.91 Å². The third-order valence-corrected chi connectivity index (χ3v) is 4.62. The van der Waals surface area contributed by atoms with E-state index in [4.69, 9.17) is 11.6 Å². The minimum atomic E-state index is -0.122. The van der Waals surface area contributed by atoms with Crippen molar-refractivity contribution in [3.8, 4) is 0 Å². The summed E-state index contributed by atoms with van der Waals surface area (Å²) in [5.41, 5.74) is 3.01. The Kier molecular flexibility index (Phi) is 5.71. The third kappa shape index (κ3) is 4.80. The first kappa shape index (κ1) is 15.9. The maximum atomic E-state index is 12.2. The minimum Gasteiger partial charge on any atom is -0.325 e. The molecule has 1 amide bonds. The number of carbonyl (C=O) groups is 1. The van der Waals surface area contributed by atoms with Crippen molar-refractivity contribution in [3.63, 3.8) is 0 Å². The van der Waals surface area contributed by atoms with Gasteiger partial charge in [0.15, 0.2) is 0 Å². The SMILES string of the molecule is Cc1ccc(Cl)cc1NC(=O)C(C)SCc1ccccc1. The number of benzene rings is 2. The van der Waals surface area contributed by atoms with Crippen LogP contribution in [0.1, 0.15) is 18.1 Å². The molecule has 0 bridgehead atoms. The van der Waals surface area contributed by atoms with Crippen molar-refractivity contribution in [3.05, 3.63) is 64.7 Å². The molecule has 0 aliphatic heterocycles. The highest BCUT2D eigenvalue weighted by atomic mass is 35.5. The summed E-state index contributed by atoms with van der Waals surface area (Å²) in [5.74, 6) is 0.825. The number of anilines is 1. The fraction of sp³-hybridized carbons (Fsp3) is 0.235. The first-order valence-electron chi connectivity index (χ1n) is 6.79. The zero-order chi connectivity index (χ0) is 15.2. The van der Waals surface area contributed by atoms with Crippen molar-refractivity contribution >= 4 is 35.0 Å². The molecule has 2 aromatic carbocycles. The van der Waals surface area contributed by atoms with Crippen LogP contribution in [-0.4, -0.2) is 11.2 Å². The zero-order valence-electron chi connectivity index (χ0n) is 12.1. The second kappa shape index (κ2) is 7.53. The van der Waals surface area contributed by atoms with Gasteiger partial charge in [0.1, 0.15) is 0 Å². The number of nitrogens with one attached hydrogen (secondary N) is 1. The van der Waals surface area contributed by atoms with Crippen molar-refractivity contribution in [2.45, 2.75) is 24.9 Å². The van der Waals surface area contributed by atoms with E-state index in [2.05, 4.69) is 17.4 Å². The lowest BCUT2D eigenvalue weighted by atomic mass is 10.2. The molecule has 1 unspecified atom stereocenters. The number of halogens is 1. The number of aryl methyl sites for hydroxylation is 1. The number of thioether (sulfide) groups is 1. The van der Waals surface area contributed by atoms with E-state index in [0.29, 0.717) is 5.02 Å². The van der Waals surface area contributed by atoms with E-state index in [-0.39, 0.29) is 11.2 Å². The molecule has 0 spiro atoms. The monoisotopic (exact) mass is 319 g/mol. The number of rotatable bonds is 5. The Balaban J connectivity index is 1.92. The van der Waals surface area contributed by atoms with Crippen LogP contribution in [-0.2, 0) is 10.5 Å². The summed E-state index contributed by atoms with van der Waals surface area (Å²) in [6, 6.07) is 15.7. The highest BCUT2D eigenvalue weighted by Gasteiger charge is 2.14. The van der Waals surface area contributed by atoms with Gasteiger partial charge < -0.3 is 5.32 Å². The van der Waals surface area contributed by atoms with E-state index < -0.39 is 0 Å². The van der Waals surface area contributed by atoms with E-state index in [9.17, 15) is 4.79 Å². The van der Waals surface area contributed by atoms with Crippen LogP contribution in [0.3, 0.4) is 0 Å². The largest absolute Gasteiger partial charge is 0.325 e. The fourth-order valence-electron chi connectivity index (χ4n) is 1.83. The van der Waals surface area contributed by atoms with Gasteiger partial charge in [-0.25, -0.2) is 0 Å². The van der Waals surface area contributed by atoms with Crippen LogP contribution in [0.4, 0.5) is 5.69 Å². The normalized spacial score (nSPS) is 12.0. The van der Waals surface area contributed by atoms with Gasteiger partial charge in [-0.05, 0) is 37.1 Å². The predicted octanol–water partition coefficient (Wildman–Crippen LogP) is 4.91. The molecule has 2 aromatic rings. The molecule has 0 heterocycles. The molecule has 110 valence electrons. The molecule has 2 rings (SSSR count). The summed E-state index contributed by atoms with van der Waals surface area (Å²) >= 11 is 7.59. The van der Waals surface area contributed by atoms with E-state index in [1.165, 1.54) is 5.56 Å². The number of carbonyl (C=O) groups excluding carboxylic acids is 1. The lowest BCUT2D eigenvalue weighted by molar-refractivity contribution is -0.115. The fourth-order valence-corrected chi connectivity index (χ4v) is 2.85. The Labute approximate surface area is 134 Å².